The van der Waals surface area contributed by atoms with Crippen LogP contribution in [0.5, 0.6) is 5.88 Å². The second-order valence-corrected chi connectivity index (χ2v) is 6.98. The Morgan fingerprint density at radius 3 is 2.59 bits per heavy atom. The van der Waals surface area contributed by atoms with Gasteiger partial charge in [-0.25, -0.2) is 4.98 Å². The summed E-state index contributed by atoms with van der Waals surface area (Å²) in [5.74, 6) is 0.701. The Morgan fingerprint density at radius 1 is 0.889 bits per heavy atom. The van der Waals surface area contributed by atoms with Gasteiger partial charge in [-0.15, -0.1) is 0 Å². The standard InChI is InChI=1S/C23H25N3O/c1-3-4-5-6-13-27-23-10-8-18(15-25-23)17-7-9-19-20-16-24-12-11-21(20)26(2)22(19)14-17/h7-12,14-16H,3-6,13H2,1-2H3. The predicted octanol–water partition coefficient (Wildman–Crippen LogP) is 5.75. The number of aryl methyl sites for hydroxylation is 1. The van der Waals surface area contributed by atoms with Crippen LogP contribution in [0.3, 0.4) is 0 Å². The third-order valence-corrected chi connectivity index (χ3v) is 5.13. The van der Waals surface area contributed by atoms with Gasteiger partial charge >= 0.3 is 0 Å². The highest BCUT2D eigenvalue weighted by Crippen LogP contribution is 2.31. The molecular weight excluding hydrogens is 334 g/mol. The van der Waals surface area contributed by atoms with Crippen LogP contribution >= 0.6 is 0 Å². The van der Waals surface area contributed by atoms with E-state index in [9.17, 15) is 0 Å². The largest absolute Gasteiger partial charge is 0.478 e. The number of hydrogen-bond acceptors (Lipinski definition) is 3. The van der Waals surface area contributed by atoms with Crippen molar-refractivity contribution in [3.63, 3.8) is 0 Å². The van der Waals surface area contributed by atoms with Crippen LogP contribution in [0.1, 0.15) is 32.6 Å². The second-order valence-electron chi connectivity index (χ2n) is 6.98. The molecule has 1 aromatic carbocycles. The predicted molar refractivity (Wildman–Crippen MR) is 111 cm³/mol. The van der Waals surface area contributed by atoms with E-state index in [0.29, 0.717) is 5.88 Å². The molecule has 0 amide bonds. The van der Waals surface area contributed by atoms with E-state index in [1.807, 2.05) is 24.7 Å². The quantitative estimate of drug-likeness (QED) is 0.395. The third kappa shape index (κ3) is 3.52. The molecule has 0 N–H and O–H groups in total. The van der Waals surface area contributed by atoms with Crippen molar-refractivity contribution in [2.75, 3.05) is 6.61 Å². The fourth-order valence-electron chi connectivity index (χ4n) is 3.58. The molecule has 4 nitrogen and oxygen atoms in total. The molecule has 0 spiro atoms. The topological polar surface area (TPSA) is 39.9 Å². The fraction of sp³-hybridized carbons (Fsp3) is 0.304. The van der Waals surface area contributed by atoms with E-state index in [-0.39, 0.29) is 0 Å². The molecule has 0 aliphatic heterocycles. The Bertz CT molecular complexity index is 1050. The van der Waals surface area contributed by atoms with E-state index in [2.05, 4.69) is 58.8 Å². The summed E-state index contributed by atoms with van der Waals surface area (Å²) in [6.45, 7) is 2.95. The van der Waals surface area contributed by atoms with Crippen LogP contribution in [0.25, 0.3) is 32.9 Å². The van der Waals surface area contributed by atoms with E-state index < -0.39 is 0 Å². The minimum atomic E-state index is 0.701. The minimum absolute atomic E-state index is 0.701. The van der Waals surface area contributed by atoms with Gasteiger partial charge in [0.05, 0.1) is 12.1 Å². The maximum absolute atomic E-state index is 5.75. The molecule has 0 saturated carbocycles. The number of aromatic nitrogens is 3. The van der Waals surface area contributed by atoms with Gasteiger partial charge in [-0.3, -0.25) is 4.98 Å². The van der Waals surface area contributed by atoms with Crippen LogP contribution < -0.4 is 4.74 Å². The van der Waals surface area contributed by atoms with E-state index in [4.69, 9.17) is 4.74 Å². The van der Waals surface area contributed by atoms with Crippen LogP contribution in [-0.4, -0.2) is 21.1 Å². The highest BCUT2D eigenvalue weighted by Gasteiger charge is 2.09. The molecule has 0 aliphatic rings. The molecule has 3 heterocycles. The van der Waals surface area contributed by atoms with Crippen LogP contribution in [0.15, 0.2) is 55.0 Å². The Labute approximate surface area is 159 Å². The summed E-state index contributed by atoms with van der Waals surface area (Å²) in [5.41, 5.74) is 4.65. The summed E-state index contributed by atoms with van der Waals surface area (Å²) >= 11 is 0. The third-order valence-electron chi connectivity index (χ3n) is 5.13. The van der Waals surface area contributed by atoms with Crippen molar-refractivity contribution in [2.45, 2.75) is 32.6 Å². The van der Waals surface area contributed by atoms with Crippen molar-refractivity contribution in [3.05, 3.63) is 55.0 Å². The first-order valence-electron chi connectivity index (χ1n) is 9.69. The Balaban J connectivity index is 1.55. The van der Waals surface area contributed by atoms with E-state index in [0.717, 1.165) is 24.2 Å². The average Bonchev–Trinajstić information content (AvgIpc) is 3.00. The maximum atomic E-state index is 5.75. The molecule has 0 bridgehead atoms. The van der Waals surface area contributed by atoms with Crippen molar-refractivity contribution in [2.24, 2.45) is 7.05 Å². The molecule has 27 heavy (non-hydrogen) atoms. The number of benzene rings is 1. The van der Waals surface area contributed by atoms with Crippen molar-refractivity contribution in [1.82, 2.24) is 14.5 Å². The van der Waals surface area contributed by atoms with Crippen molar-refractivity contribution in [3.8, 4) is 17.0 Å². The molecule has 0 saturated heterocycles. The lowest BCUT2D eigenvalue weighted by Crippen LogP contribution is -1.98. The normalized spacial score (nSPS) is 11.3. The number of rotatable bonds is 7. The van der Waals surface area contributed by atoms with Gasteiger partial charge < -0.3 is 9.30 Å². The summed E-state index contributed by atoms with van der Waals surface area (Å²) in [6.07, 6.45) is 10.5. The van der Waals surface area contributed by atoms with E-state index >= 15 is 0 Å². The molecule has 0 fully saturated rings. The molecule has 138 valence electrons. The summed E-state index contributed by atoms with van der Waals surface area (Å²) in [7, 11) is 2.10. The second kappa shape index (κ2) is 7.78. The zero-order valence-corrected chi connectivity index (χ0v) is 16.0. The molecule has 4 rings (SSSR count). The van der Waals surface area contributed by atoms with Crippen LogP contribution in [0.4, 0.5) is 0 Å². The van der Waals surface area contributed by atoms with Crippen molar-refractivity contribution < 1.29 is 4.74 Å². The lowest BCUT2D eigenvalue weighted by molar-refractivity contribution is 0.294. The van der Waals surface area contributed by atoms with Crippen molar-refractivity contribution in [1.29, 1.82) is 0 Å². The van der Waals surface area contributed by atoms with Gasteiger partial charge in [0, 0.05) is 53.6 Å². The summed E-state index contributed by atoms with van der Waals surface area (Å²) < 4.78 is 7.97. The fourth-order valence-corrected chi connectivity index (χ4v) is 3.58. The van der Waals surface area contributed by atoms with Crippen LogP contribution in [0.2, 0.25) is 0 Å². The number of ether oxygens (including phenoxy) is 1. The summed E-state index contributed by atoms with van der Waals surface area (Å²) in [4.78, 5) is 8.75. The van der Waals surface area contributed by atoms with Crippen molar-refractivity contribution >= 4 is 21.8 Å². The molecule has 4 heteroatoms. The Kier molecular flexibility index (Phi) is 5.05. The van der Waals surface area contributed by atoms with Crippen LogP contribution in [-0.2, 0) is 7.05 Å². The number of nitrogens with zero attached hydrogens (tertiary/aromatic N) is 3. The van der Waals surface area contributed by atoms with Gasteiger partial charge in [0.2, 0.25) is 5.88 Å². The highest BCUT2D eigenvalue weighted by molar-refractivity contribution is 6.08. The van der Waals surface area contributed by atoms with Gasteiger partial charge in [0.25, 0.3) is 0 Å². The van der Waals surface area contributed by atoms with Crippen LogP contribution in [0, 0.1) is 0 Å². The highest BCUT2D eigenvalue weighted by atomic mass is 16.5. The number of hydrogen-bond donors (Lipinski definition) is 0. The van der Waals surface area contributed by atoms with E-state index in [1.54, 1.807) is 0 Å². The molecule has 0 unspecified atom stereocenters. The van der Waals surface area contributed by atoms with Gasteiger partial charge in [-0.2, -0.15) is 0 Å². The first kappa shape index (κ1) is 17.5. The average molecular weight is 359 g/mol. The Hall–Kier alpha value is -2.88. The molecule has 0 radical (unpaired) electrons. The first-order valence-corrected chi connectivity index (χ1v) is 9.69. The Morgan fingerprint density at radius 2 is 1.78 bits per heavy atom. The molecule has 3 aromatic heterocycles. The summed E-state index contributed by atoms with van der Waals surface area (Å²) in [6, 6.07) is 12.6. The summed E-state index contributed by atoms with van der Waals surface area (Å²) in [5, 5.41) is 2.41. The molecule has 0 atom stereocenters. The first-order chi connectivity index (χ1) is 13.3. The maximum Gasteiger partial charge on any atom is 0.213 e. The van der Waals surface area contributed by atoms with Gasteiger partial charge in [-0.05, 0) is 30.2 Å². The minimum Gasteiger partial charge on any atom is -0.478 e. The molecule has 4 aromatic rings. The number of unbranched alkanes of at least 4 members (excludes halogenated alkanes) is 3. The lowest BCUT2D eigenvalue weighted by Gasteiger charge is -2.07. The zero-order chi connectivity index (χ0) is 18.6. The molecule has 0 aliphatic carbocycles. The smallest absolute Gasteiger partial charge is 0.213 e. The SMILES string of the molecule is CCCCCCOc1ccc(-c2ccc3c4cnccc4n(C)c3c2)cn1. The van der Waals surface area contributed by atoms with E-state index in [1.165, 1.54) is 41.1 Å². The van der Waals surface area contributed by atoms with Gasteiger partial charge in [-0.1, -0.05) is 38.3 Å². The number of fused-ring (bicyclic) bond motifs is 3. The molecular formula is C23H25N3O. The zero-order valence-electron chi connectivity index (χ0n) is 16.0. The lowest BCUT2D eigenvalue weighted by atomic mass is 10.1. The number of pyridine rings is 2. The van der Waals surface area contributed by atoms with Gasteiger partial charge in [0.1, 0.15) is 0 Å². The van der Waals surface area contributed by atoms with Gasteiger partial charge in [0.15, 0.2) is 0 Å². The monoisotopic (exact) mass is 359 g/mol.